The maximum absolute atomic E-state index is 11.9. The molecule has 7 heteroatoms. The van der Waals surface area contributed by atoms with Gasteiger partial charge in [-0.1, -0.05) is 0 Å². The van der Waals surface area contributed by atoms with Gasteiger partial charge < -0.3 is 15.4 Å². The van der Waals surface area contributed by atoms with Crippen LogP contribution in [0.2, 0.25) is 0 Å². The van der Waals surface area contributed by atoms with Crippen LogP contribution in [0.25, 0.3) is 0 Å². The number of alkyl halides is 2. The minimum Gasteiger partial charge on any atom is -0.374 e. The molecule has 108 valence electrons. The molecule has 0 aliphatic rings. The summed E-state index contributed by atoms with van der Waals surface area (Å²) in [5.41, 5.74) is 0.904. The largest absolute Gasteiger partial charge is 0.374 e. The summed E-state index contributed by atoms with van der Waals surface area (Å²) in [5, 5.41) is 6.22. The van der Waals surface area contributed by atoms with Gasteiger partial charge in [-0.25, -0.2) is 18.7 Å². The Morgan fingerprint density at radius 1 is 1.16 bits per heavy atom. The molecule has 0 saturated carbocycles. The van der Waals surface area contributed by atoms with Gasteiger partial charge in [0.1, 0.15) is 24.1 Å². The van der Waals surface area contributed by atoms with E-state index >= 15 is 0 Å². The molecule has 2 N–H and O–H groups in total. The van der Waals surface area contributed by atoms with E-state index in [2.05, 4.69) is 20.6 Å². The summed E-state index contributed by atoms with van der Waals surface area (Å²) >= 11 is 0. The monoisotopic (exact) mass is 274 g/mol. The van der Waals surface area contributed by atoms with Crippen LogP contribution in [0, 0.1) is 13.8 Å². The number of ether oxygens (including phenoxy) is 1. The summed E-state index contributed by atoms with van der Waals surface area (Å²) in [6.07, 6.45) is -2.43. The first-order chi connectivity index (χ1) is 9.04. The van der Waals surface area contributed by atoms with Gasteiger partial charge in [0.15, 0.2) is 0 Å². The van der Waals surface area contributed by atoms with E-state index in [0.717, 1.165) is 17.9 Å². The molecule has 0 spiro atoms. The summed E-state index contributed by atoms with van der Waals surface area (Å²) in [5.74, 6) is 2.13. The summed E-state index contributed by atoms with van der Waals surface area (Å²) in [4.78, 5) is 8.58. The van der Waals surface area contributed by atoms with Gasteiger partial charge in [0.25, 0.3) is 6.43 Å². The Labute approximate surface area is 111 Å². The summed E-state index contributed by atoms with van der Waals surface area (Å²) in [6, 6.07) is 0. The molecule has 0 radical (unpaired) electrons. The van der Waals surface area contributed by atoms with Gasteiger partial charge >= 0.3 is 0 Å². The number of aryl methyl sites for hydroxylation is 1. The molecule has 0 amide bonds. The van der Waals surface area contributed by atoms with Crippen molar-refractivity contribution in [2.75, 3.05) is 36.9 Å². The van der Waals surface area contributed by atoms with E-state index in [9.17, 15) is 8.78 Å². The van der Waals surface area contributed by atoms with Crippen LogP contribution in [-0.2, 0) is 4.74 Å². The van der Waals surface area contributed by atoms with Gasteiger partial charge in [-0.2, -0.15) is 0 Å². The van der Waals surface area contributed by atoms with Crippen molar-refractivity contribution in [3.05, 3.63) is 11.4 Å². The third-order valence-corrected chi connectivity index (χ3v) is 2.38. The molecule has 0 saturated heterocycles. The summed E-state index contributed by atoms with van der Waals surface area (Å²) in [7, 11) is 0. The molecular formula is C12H20F2N4O. The molecule has 0 aromatic carbocycles. The first-order valence-electron chi connectivity index (χ1n) is 6.23. The number of hydrogen-bond acceptors (Lipinski definition) is 5. The second-order valence-corrected chi connectivity index (χ2v) is 4.02. The van der Waals surface area contributed by atoms with E-state index in [-0.39, 0.29) is 6.61 Å². The second-order valence-electron chi connectivity index (χ2n) is 4.02. The Morgan fingerprint density at radius 2 is 1.79 bits per heavy atom. The van der Waals surface area contributed by atoms with Crippen molar-refractivity contribution in [2.45, 2.75) is 27.2 Å². The van der Waals surface area contributed by atoms with Crippen molar-refractivity contribution < 1.29 is 13.5 Å². The lowest BCUT2D eigenvalue weighted by Crippen LogP contribution is -2.15. The lowest BCUT2D eigenvalue weighted by molar-refractivity contribution is 0.0214. The van der Waals surface area contributed by atoms with Crippen molar-refractivity contribution in [3.63, 3.8) is 0 Å². The van der Waals surface area contributed by atoms with Crippen LogP contribution in [0.3, 0.4) is 0 Å². The maximum atomic E-state index is 11.9. The highest BCUT2D eigenvalue weighted by Gasteiger charge is 2.08. The zero-order valence-corrected chi connectivity index (χ0v) is 11.5. The number of rotatable bonds is 8. The van der Waals surface area contributed by atoms with Gasteiger partial charge in [0, 0.05) is 18.7 Å². The lowest BCUT2D eigenvalue weighted by Gasteiger charge is -2.13. The molecular weight excluding hydrogens is 254 g/mol. The summed E-state index contributed by atoms with van der Waals surface area (Å²) < 4.78 is 28.5. The third-order valence-electron chi connectivity index (χ3n) is 2.38. The topological polar surface area (TPSA) is 59.1 Å². The normalized spacial score (nSPS) is 10.8. The standard InChI is InChI=1S/C12H20F2N4O/c1-4-15-11-8(2)12(18-9(3)17-11)16-5-6-19-7-10(13)14/h10H,4-7H2,1-3H3,(H2,15,16,17,18). The van der Waals surface area contributed by atoms with E-state index in [4.69, 9.17) is 4.74 Å². The van der Waals surface area contributed by atoms with Crippen LogP contribution in [0.4, 0.5) is 20.4 Å². The predicted molar refractivity (Wildman–Crippen MR) is 71.0 cm³/mol. The molecule has 0 bridgehead atoms. The van der Waals surface area contributed by atoms with Gasteiger partial charge in [-0.05, 0) is 20.8 Å². The molecule has 5 nitrogen and oxygen atoms in total. The first-order valence-corrected chi connectivity index (χ1v) is 6.23. The highest BCUT2D eigenvalue weighted by Crippen LogP contribution is 2.19. The van der Waals surface area contributed by atoms with Gasteiger partial charge in [0.05, 0.1) is 6.61 Å². The van der Waals surface area contributed by atoms with E-state index < -0.39 is 13.0 Å². The quantitative estimate of drug-likeness (QED) is 0.712. The second kappa shape index (κ2) is 7.83. The molecule has 0 fully saturated rings. The maximum Gasteiger partial charge on any atom is 0.261 e. The Hall–Kier alpha value is -1.50. The van der Waals surface area contributed by atoms with Gasteiger partial charge in [0.2, 0.25) is 0 Å². The molecule has 1 rings (SSSR count). The van der Waals surface area contributed by atoms with Crippen LogP contribution in [-0.4, -0.2) is 42.7 Å². The van der Waals surface area contributed by atoms with Crippen LogP contribution in [0.15, 0.2) is 0 Å². The zero-order chi connectivity index (χ0) is 14.3. The number of nitrogens with one attached hydrogen (secondary N) is 2. The zero-order valence-electron chi connectivity index (χ0n) is 11.5. The molecule has 1 aromatic heterocycles. The van der Waals surface area contributed by atoms with Gasteiger partial charge in [-0.3, -0.25) is 0 Å². The van der Waals surface area contributed by atoms with E-state index in [1.807, 2.05) is 13.8 Å². The van der Waals surface area contributed by atoms with Crippen molar-refractivity contribution in [1.82, 2.24) is 9.97 Å². The highest BCUT2D eigenvalue weighted by atomic mass is 19.3. The van der Waals surface area contributed by atoms with Gasteiger partial charge in [-0.15, -0.1) is 0 Å². The van der Waals surface area contributed by atoms with Crippen molar-refractivity contribution >= 4 is 11.6 Å². The number of anilines is 2. The fraction of sp³-hybridized carbons (Fsp3) is 0.667. The minimum absolute atomic E-state index is 0.212. The Kier molecular flexibility index (Phi) is 6.41. The fourth-order valence-electron chi connectivity index (χ4n) is 1.55. The number of aromatic nitrogens is 2. The number of halogens is 2. The average molecular weight is 274 g/mol. The molecule has 0 unspecified atom stereocenters. The molecule has 0 aliphatic heterocycles. The Bertz CT molecular complexity index is 402. The molecule has 0 atom stereocenters. The first kappa shape index (κ1) is 15.6. The SMILES string of the molecule is CCNc1nc(C)nc(NCCOCC(F)F)c1C. The van der Waals surface area contributed by atoms with Crippen molar-refractivity contribution in [3.8, 4) is 0 Å². The minimum atomic E-state index is -2.43. The van der Waals surface area contributed by atoms with E-state index in [0.29, 0.717) is 18.2 Å². The predicted octanol–water partition coefficient (Wildman–Crippen LogP) is 2.22. The Balaban J connectivity index is 2.53. The fourth-order valence-corrected chi connectivity index (χ4v) is 1.55. The summed E-state index contributed by atoms with van der Waals surface area (Å²) in [6.45, 7) is 6.57. The van der Waals surface area contributed by atoms with Crippen LogP contribution in [0.5, 0.6) is 0 Å². The lowest BCUT2D eigenvalue weighted by atomic mass is 10.3. The van der Waals surface area contributed by atoms with Crippen LogP contribution >= 0.6 is 0 Å². The number of hydrogen-bond donors (Lipinski definition) is 2. The smallest absolute Gasteiger partial charge is 0.261 e. The average Bonchev–Trinajstić information content (AvgIpc) is 2.34. The molecule has 1 aromatic rings. The van der Waals surface area contributed by atoms with Crippen LogP contribution < -0.4 is 10.6 Å². The number of nitrogens with zero attached hydrogens (tertiary/aromatic N) is 2. The molecule has 19 heavy (non-hydrogen) atoms. The molecule has 0 aliphatic carbocycles. The van der Waals surface area contributed by atoms with Crippen molar-refractivity contribution in [2.24, 2.45) is 0 Å². The van der Waals surface area contributed by atoms with E-state index in [1.165, 1.54) is 0 Å². The Morgan fingerprint density at radius 3 is 2.37 bits per heavy atom. The van der Waals surface area contributed by atoms with Crippen LogP contribution in [0.1, 0.15) is 18.3 Å². The van der Waals surface area contributed by atoms with E-state index in [1.54, 1.807) is 6.92 Å². The highest BCUT2D eigenvalue weighted by molar-refractivity contribution is 5.57. The third kappa shape index (κ3) is 5.34. The molecule has 1 heterocycles. The van der Waals surface area contributed by atoms with Crippen molar-refractivity contribution in [1.29, 1.82) is 0 Å².